The van der Waals surface area contributed by atoms with Crippen LogP contribution in [-0.4, -0.2) is 52.2 Å². The molecule has 1 N–H and O–H groups in total. The van der Waals surface area contributed by atoms with Crippen molar-refractivity contribution in [2.75, 3.05) is 26.0 Å². The van der Waals surface area contributed by atoms with E-state index in [4.69, 9.17) is 4.74 Å². The van der Waals surface area contributed by atoms with Gasteiger partial charge in [-0.3, -0.25) is 9.59 Å². The minimum Gasteiger partial charge on any atom is -0.483 e. The lowest BCUT2D eigenvalue weighted by Gasteiger charge is -2.14. The zero-order chi connectivity index (χ0) is 22.5. The summed E-state index contributed by atoms with van der Waals surface area (Å²) in [7, 11) is 3.32. The molecule has 1 aliphatic rings. The number of fused-ring (bicyclic) bond motifs is 1. The monoisotopic (exact) mass is 433 g/mol. The lowest BCUT2D eigenvalue weighted by molar-refractivity contribution is -0.130. The Kier molecular flexibility index (Phi) is 6.49. The molecule has 4 rings (SSSR count). The number of aromatic nitrogens is 3. The van der Waals surface area contributed by atoms with Gasteiger partial charge in [-0.1, -0.05) is 30.7 Å². The Hall–Kier alpha value is -3.68. The molecular weight excluding hydrogens is 406 g/mol. The number of para-hydroxylation sites is 1. The number of aryl methyl sites for hydroxylation is 1. The smallest absolute Gasteiger partial charge is 0.259 e. The van der Waals surface area contributed by atoms with Crippen LogP contribution in [0.1, 0.15) is 35.4 Å². The Labute approximate surface area is 187 Å². The molecule has 3 aromatic rings. The maximum Gasteiger partial charge on any atom is 0.259 e. The van der Waals surface area contributed by atoms with Crippen molar-refractivity contribution in [3.8, 4) is 17.1 Å². The first-order valence-electron chi connectivity index (χ1n) is 10.8. The van der Waals surface area contributed by atoms with Gasteiger partial charge in [0.25, 0.3) is 11.8 Å². The number of amides is 2. The van der Waals surface area contributed by atoms with Crippen molar-refractivity contribution in [1.29, 1.82) is 0 Å². The number of ether oxygens (including phenoxy) is 1. The van der Waals surface area contributed by atoms with E-state index in [1.807, 2.05) is 24.3 Å². The Morgan fingerprint density at radius 2 is 1.91 bits per heavy atom. The Bertz CT molecular complexity index is 1120. The van der Waals surface area contributed by atoms with Gasteiger partial charge in [0.2, 0.25) is 0 Å². The van der Waals surface area contributed by atoms with Gasteiger partial charge in [-0.15, -0.1) is 10.2 Å². The van der Waals surface area contributed by atoms with Crippen LogP contribution in [0, 0.1) is 0 Å². The molecule has 0 unspecified atom stereocenters. The first kappa shape index (κ1) is 21.5. The summed E-state index contributed by atoms with van der Waals surface area (Å²) in [5, 5.41) is 11.7. The molecule has 0 saturated carbocycles. The fraction of sp³-hybridized carbons (Fsp3) is 0.333. The zero-order valence-corrected chi connectivity index (χ0v) is 18.4. The molecule has 8 nitrogen and oxygen atoms in total. The normalized spacial score (nSPS) is 13.1. The molecule has 8 heteroatoms. The number of nitrogens with one attached hydrogen (secondary N) is 1. The fourth-order valence-electron chi connectivity index (χ4n) is 3.68. The summed E-state index contributed by atoms with van der Waals surface area (Å²) in [4.78, 5) is 26.3. The SMILES string of the molecule is CN(C)C(=O)COc1ccccc1C(=O)Nc1cccc(-c2nnc3n2CCCCC3)c1. The summed E-state index contributed by atoms with van der Waals surface area (Å²) >= 11 is 0. The molecule has 0 fully saturated rings. The van der Waals surface area contributed by atoms with Gasteiger partial charge >= 0.3 is 0 Å². The Morgan fingerprint density at radius 1 is 1.06 bits per heavy atom. The number of likely N-dealkylation sites (N-methyl/N-ethyl adjacent to an activating group) is 1. The van der Waals surface area contributed by atoms with Crippen LogP contribution in [0.5, 0.6) is 5.75 Å². The van der Waals surface area contributed by atoms with Crippen molar-refractivity contribution in [3.05, 3.63) is 59.9 Å². The number of carbonyl (C=O) groups is 2. The van der Waals surface area contributed by atoms with E-state index in [0.717, 1.165) is 43.0 Å². The number of nitrogens with zero attached hydrogens (tertiary/aromatic N) is 4. The van der Waals surface area contributed by atoms with Crippen LogP contribution in [0.2, 0.25) is 0 Å². The average Bonchev–Trinajstić information content (AvgIpc) is 3.06. The molecule has 2 aromatic carbocycles. The van der Waals surface area contributed by atoms with Crippen molar-refractivity contribution in [2.45, 2.75) is 32.2 Å². The van der Waals surface area contributed by atoms with Crippen LogP contribution in [0.25, 0.3) is 11.4 Å². The minimum atomic E-state index is -0.310. The molecule has 2 heterocycles. The van der Waals surface area contributed by atoms with Gasteiger partial charge in [-0.05, 0) is 37.1 Å². The van der Waals surface area contributed by atoms with Crippen LogP contribution < -0.4 is 10.1 Å². The lowest BCUT2D eigenvalue weighted by atomic mass is 10.1. The van der Waals surface area contributed by atoms with Gasteiger partial charge in [0.05, 0.1) is 5.56 Å². The zero-order valence-electron chi connectivity index (χ0n) is 18.4. The second kappa shape index (κ2) is 9.64. The topological polar surface area (TPSA) is 89.3 Å². The molecule has 0 spiro atoms. The summed E-state index contributed by atoms with van der Waals surface area (Å²) in [5.41, 5.74) is 1.92. The van der Waals surface area contributed by atoms with E-state index in [0.29, 0.717) is 17.0 Å². The van der Waals surface area contributed by atoms with Crippen molar-refractivity contribution in [2.24, 2.45) is 0 Å². The van der Waals surface area contributed by atoms with Gasteiger partial charge in [-0.2, -0.15) is 0 Å². The van der Waals surface area contributed by atoms with Gasteiger partial charge < -0.3 is 19.5 Å². The standard InChI is InChI=1S/C24H27N5O3/c1-28(2)22(30)16-32-20-12-6-5-11-19(20)24(31)25-18-10-8-9-17(15-18)23-27-26-21-13-4-3-7-14-29(21)23/h5-6,8-12,15H,3-4,7,13-14,16H2,1-2H3,(H,25,31). The van der Waals surface area contributed by atoms with Crippen molar-refractivity contribution < 1.29 is 14.3 Å². The van der Waals surface area contributed by atoms with E-state index in [2.05, 4.69) is 20.1 Å². The third-order valence-electron chi connectivity index (χ3n) is 5.47. The largest absolute Gasteiger partial charge is 0.483 e. The summed E-state index contributed by atoms with van der Waals surface area (Å²) in [6.07, 6.45) is 4.38. The molecule has 0 atom stereocenters. The molecule has 0 radical (unpaired) electrons. The van der Waals surface area contributed by atoms with Crippen molar-refractivity contribution >= 4 is 17.5 Å². The molecular formula is C24H27N5O3. The van der Waals surface area contributed by atoms with Crippen LogP contribution in [0.4, 0.5) is 5.69 Å². The molecule has 1 aliphatic heterocycles. The average molecular weight is 434 g/mol. The second-order valence-electron chi connectivity index (χ2n) is 8.01. The van der Waals surface area contributed by atoms with Crippen LogP contribution in [-0.2, 0) is 17.8 Å². The number of anilines is 1. The molecule has 32 heavy (non-hydrogen) atoms. The van der Waals surface area contributed by atoms with E-state index in [1.165, 1.54) is 11.3 Å². The highest BCUT2D eigenvalue weighted by Gasteiger charge is 2.18. The highest BCUT2D eigenvalue weighted by Crippen LogP contribution is 2.26. The minimum absolute atomic E-state index is 0.134. The number of rotatable bonds is 6. The Balaban J connectivity index is 1.52. The third kappa shape index (κ3) is 4.80. The molecule has 2 amide bonds. The summed E-state index contributed by atoms with van der Waals surface area (Å²) < 4.78 is 7.78. The maximum atomic E-state index is 13.0. The molecule has 166 valence electrons. The molecule has 0 saturated heterocycles. The van der Waals surface area contributed by atoms with Crippen LogP contribution in [0.3, 0.4) is 0 Å². The van der Waals surface area contributed by atoms with E-state index >= 15 is 0 Å². The van der Waals surface area contributed by atoms with E-state index in [1.54, 1.807) is 38.4 Å². The number of benzene rings is 2. The predicted molar refractivity (Wildman–Crippen MR) is 122 cm³/mol. The van der Waals surface area contributed by atoms with Gasteiger partial charge in [-0.25, -0.2) is 0 Å². The van der Waals surface area contributed by atoms with Crippen molar-refractivity contribution in [3.63, 3.8) is 0 Å². The highest BCUT2D eigenvalue weighted by atomic mass is 16.5. The third-order valence-corrected chi connectivity index (χ3v) is 5.47. The van der Waals surface area contributed by atoms with E-state index < -0.39 is 0 Å². The molecule has 1 aromatic heterocycles. The van der Waals surface area contributed by atoms with Gasteiger partial charge in [0.15, 0.2) is 12.4 Å². The first-order valence-corrected chi connectivity index (χ1v) is 10.8. The van der Waals surface area contributed by atoms with Crippen molar-refractivity contribution in [1.82, 2.24) is 19.7 Å². The first-order chi connectivity index (χ1) is 15.5. The summed E-state index contributed by atoms with van der Waals surface area (Å²) in [5.74, 6) is 1.71. The highest BCUT2D eigenvalue weighted by molar-refractivity contribution is 6.06. The Morgan fingerprint density at radius 3 is 2.75 bits per heavy atom. The maximum absolute atomic E-state index is 13.0. The van der Waals surface area contributed by atoms with Crippen LogP contribution in [0.15, 0.2) is 48.5 Å². The fourth-order valence-corrected chi connectivity index (χ4v) is 3.68. The van der Waals surface area contributed by atoms with Gasteiger partial charge in [0, 0.05) is 38.3 Å². The number of hydrogen-bond donors (Lipinski definition) is 1. The van der Waals surface area contributed by atoms with E-state index in [9.17, 15) is 9.59 Å². The number of carbonyl (C=O) groups excluding carboxylic acids is 2. The van der Waals surface area contributed by atoms with E-state index in [-0.39, 0.29) is 18.4 Å². The predicted octanol–water partition coefficient (Wildman–Crippen LogP) is 3.39. The quantitative estimate of drug-likeness (QED) is 0.644. The van der Waals surface area contributed by atoms with Crippen LogP contribution >= 0.6 is 0 Å². The number of hydrogen-bond acceptors (Lipinski definition) is 5. The second-order valence-corrected chi connectivity index (χ2v) is 8.01. The summed E-state index contributed by atoms with van der Waals surface area (Å²) in [6.45, 7) is 0.773. The summed E-state index contributed by atoms with van der Waals surface area (Å²) in [6, 6.07) is 14.5. The molecule has 0 bridgehead atoms. The van der Waals surface area contributed by atoms with Gasteiger partial charge in [0.1, 0.15) is 11.6 Å². The molecule has 0 aliphatic carbocycles. The lowest BCUT2D eigenvalue weighted by Crippen LogP contribution is -2.28.